The lowest BCUT2D eigenvalue weighted by Gasteiger charge is -2.10. The second-order valence-electron chi connectivity index (χ2n) is 4.10. The van der Waals surface area contributed by atoms with Gasteiger partial charge in [0.1, 0.15) is 6.61 Å². The first-order valence-corrected chi connectivity index (χ1v) is 5.62. The first-order valence-electron chi connectivity index (χ1n) is 5.62. The summed E-state index contributed by atoms with van der Waals surface area (Å²) in [6, 6.07) is 0. The van der Waals surface area contributed by atoms with E-state index in [0.717, 1.165) is 0 Å². The van der Waals surface area contributed by atoms with Gasteiger partial charge in [0, 0.05) is 13.1 Å². The van der Waals surface area contributed by atoms with Crippen LogP contribution < -0.4 is 5.73 Å². The lowest BCUT2D eigenvalue weighted by atomic mass is 10.3. The summed E-state index contributed by atoms with van der Waals surface area (Å²) in [7, 11) is 3.84. The van der Waals surface area contributed by atoms with Crippen LogP contribution in [0, 0.1) is 6.92 Å². The van der Waals surface area contributed by atoms with Crippen LogP contribution in [-0.2, 0) is 11.3 Å². The number of hydrogen-bond acceptors (Lipinski definition) is 5. The molecule has 1 aromatic heterocycles. The van der Waals surface area contributed by atoms with Gasteiger partial charge in [0.2, 0.25) is 0 Å². The topological polar surface area (TPSA) is 73.4 Å². The van der Waals surface area contributed by atoms with E-state index in [-0.39, 0.29) is 0 Å². The molecule has 0 aliphatic rings. The van der Waals surface area contributed by atoms with Gasteiger partial charge in [0.15, 0.2) is 5.69 Å². The molecule has 17 heavy (non-hydrogen) atoms. The number of aromatic nitrogens is 2. The number of carbonyl (C=O) groups is 1. The highest BCUT2D eigenvalue weighted by Crippen LogP contribution is 2.17. The number of anilines is 1. The van der Waals surface area contributed by atoms with E-state index in [2.05, 4.69) is 5.10 Å². The molecule has 1 rings (SSSR count). The maximum Gasteiger partial charge on any atom is 0.358 e. The normalized spacial score (nSPS) is 10.9. The molecule has 0 atom stereocenters. The molecule has 6 heteroatoms. The van der Waals surface area contributed by atoms with Crippen LogP contribution in [0.5, 0.6) is 0 Å². The van der Waals surface area contributed by atoms with E-state index >= 15 is 0 Å². The van der Waals surface area contributed by atoms with Gasteiger partial charge in [0.05, 0.1) is 11.4 Å². The van der Waals surface area contributed by atoms with Crippen molar-refractivity contribution in [2.75, 3.05) is 33.0 Å². The maximum absolute atomic E-state index is 11.9. The van der Waals surface area contributed by atoms with Gasteiger partial charge < -0.3 is 15.4 Å². The Balaban J connectivity index is 2.74. The van der Waals surface area contributed by atoms with Gasteiger partial charge in [-0.1, -0.05) is 0 Å². The Morgan fingerprint density at radius 2 is 2.18 bits per heavy atom. The summed E-state index contributed by atoms with van der Waals surface area (Å²) < 4.78 is 6.73. The summed E-state index contributed by atoms with van der Waals surface area (Å²) >= 11 is 0. The number of likely N-dealkylation sites (N-methyl/N-ethyl adjacent to an activating group) is 1. The van der Waals surface area contributed by atoms with Crippen molar-refractivity contribution in [2.24, 2.45) is 0 Å². The fraction of sp³-hybridized carbons (Fsp3) is 0.636. The van der Waals surface area contributed by atoms with Crippen LogP contribution in [-0.4, -0.2) is 47.9 Å². The molecule has 0 radical (unpaired) electrons. The van der Waals surface area contributed by atoms with Gasteiger partial charge in [-0.2, -0.15) is 5.10 Å². The van der Waals surface area contributed by atoms with Gasteiger partial charge in [-0.25, -0.2) is 4.79 Å². The molecule has 96 valence electrons. The Bertz CT molecular complexity index is 398. The predicted molar refractivity (Wildman–Crippen MR) is 65.9 cm³/mol. The summed E-state index contributed by atoms with van der Waals surface area (Å²) in [6.07, 6.45) is 0. The van der Waals surface area contributed by atoms with Crippen LogP contribution in [0.1, 0.15) is 23.1 Å². The molecule has 2 N–H and O–H groups in total. The van der Waals surface area contributed by atoms with Crippen molar-refractivity contribution in [3.05, 3.63) is 11.4 Å². The minimum absolute atomic E-state index is 0.346. The van der Waals surface area contributed by atoms with Crippen LogP contribution in [0.4, 0.5) is 5.69 Å². The zero-order valence-electron chi connectivity index (χ0n) is 10.9. The van der Waals surface area contributed by atoms with Gasteiger partial charge in [-0.3, -0.25) is 4.68 Å². The fourth-order valence-electron chi connectivity index (χ4n) is 1.43. The summed E-state index contributed by atoms with van der Waals surface area (Å²) in [6.45, 7) is 5.31. The van der Waals surface area contributed by atoms with E-state index < -0.39 is 5.97 Å². The largest absolute Gasteiger partial charge is 0.460 e. The molecule has 0 aliphatic heterocycles. The molecule has 0 unspecified atom stereocenters. The molecule has 0 bridgehead atoms. The lowest BCUT2D eigenvalue weighted by Crippen LogP contribution is -2.22. The number of ether oxygens (including phenoxy) is 1. The molecule has 1 aromatic rings. The highest BCUT2D eigenvalue weighted by atomic mass is 16.5. The predicted octanol–water partition coefficient (Wildman–Crippen LogP) is 0.512. The number of carbonyl (C=O) groups excluding carboxylic acids is 1. The van der Waals surface area contributed by atoms with Gasteiger partial charge in [-0.15, -0.1) is 0 Å². The Hall–Kier alpha value is -1.56. The standard InChI is InChI=1S/C11H20N4O2/c1-5-15-10(9(12)8(2)13-15)11(16)17-7-6-14(3)4/h5-7,12H2,1-4H3. The number of esters is 1. The molecule has 6 nitrogen and oxygen atoms in total. The lowest BCUT2D eigenvalue weighted by molar-refractivity contribution is 0.0469. The maximum atomic E-state index is 11.9. The van der Waals surface area contributed by atoms with Crippen LogP contribution in [0.15, 0.2) is 0 Å². The van der Waals surface area contributed by atoms with Crippen molar-refractivity contribution < 1.29 is 9.53 Å². The third-order valence-electron chi connectivity index (χ3n) is 2.44. The molecular formula is C11H20N4O2. The second-order valence-corrected chi connectivity index (χ2v) is 4.10. The zero-order valence-corrected chi connectivity index (χ0v) is 10.9. The third-order valence-corrected chi connectivity index (χ3v) is 2.44. The average molecular weight is 240 g/mol. The number of nitrogens with zero attached hydrogens (tertiary/aromatic N) is 3. The average Bonchev–Trinajstić information content (AvgIpc) is 2.54. The van der Waals surface area contributed by atoms with E-state index in [1.165, 1.54) is 0 Å². The summed E-state index contributed by atoms with van der Waals surface area (Å²) in [5.74, 6) is -0.410. The molecule has 0 aromatic carbocycles. The third kappa shape index (κ3) is 3.20. The minimum Gasteiger partial charge on any atom is -0.460 e. The van der Waals surface area contributed by atoms with Gasteiger partial charge >= 0.3 is 5.97 Å². The van der Waals surface area contributed by atoms with Crippen LogP contribution in [0.2, 0.25) is 0 Å². The van der Waals surface area contributed by atoms with E-state index in [0.29, 0.717) is 36.8 Å². The number of nitrogens with two attached hydrogens (primary N) is 1. The summed E-state index contributed by atoms with van der Waals surface area (Å²) in [5.41, 5.74) is 7.23. The van der Waals surface area contributed by atoms with Gasteiger partial charge in [-0.05, 0) is 27.9 Å². The number of aryl methyl sites for hydroxylation is 2. The SMILES string of the molecule is CCn1nc(C)c(N)c1C(=O)OCCN(C)C. The highest BCUT2D eigenvalue weighted by molar-refractivity contribution is 5.93. The molecular weight excluding hydrogens is 220 g/mol. The number of nitrogen functional groups attached to an aromatic ring is 1. The van der Waals surface area contributed by atoms with E-state index in [9.17, 15) is 4.79 Å². The van der Waals surface area contributed by atoms with Crippen molar-refractivity contribution in [3.8, 4) is 0 Å². The van der Waals surface area contributed by atoms with E-state index in [1.807, 2.05) is 25.9 Å². The van der Waals surface area contributed by atoms with Gasteiger partial charge in [0.25, 0.3) is 0 Å². The zero-order chi connectivity index (χ0) is 13.0. The Labute approximate surface area is 101 Å². The van der Waals surface area contributed by atoms with Crippen molar-refractivity contribution in [1.29, 1.82) is 0 Å². The van der Waals surface area contributed by atoms with Crippen molar-refractivity contribution >= 4 is 11.7 Å². The molecule has 0 saturated heterocycles. The first kappa shape index (κ1) is 13.5. The number of hydrogen-bond donors (Lipinski definition) is 1. The van der Waals surface area contributed by atoms with E-state index in [1.54, 1.807) is 11.6 Å². The molecule has 0 saturated carbocycles. The second kappa shape index (κ2) is 5.67. The van der Waals surface area contributed by atoms with Crippen molar-refractivity contribution in [2.45, 2.75) is 20.4 Å². The minimum atomic E-state index is -0.410. The number of rotatable bonds is 5. The van der Waals surface area contributed by atoms with Crippen molar-refractivity contribution in [1.82, 2.24) is 14.7 Å². The summed E-state index contributed by atoms with van der Waals surface area (Å²) in [4.78, 5) is 13.8. The Morgan fingerprint density at radius 3 is 2.71 bits per heavy atom. The fourth-order valence-corrected chi connectivity index (χ4v) is 1.43. The molecule has 0 amide bonds. The Kier molecular flexibility index (Phi) is 4.51. The smallest absolute Gasteiger partial charge is 0.358 e. The Morgan fingerprint density at radius 1 is 1.53 bits per heavy atom. The van der Waals surface area contributed by atoms with Crippen LogP contribution in [0.3, 0.4) is 0 Å². The van der Waals surface area contributed by atoms with E-state index in [4.69, 9.17) is 10.5 Å². The quantitative estimate of drug-likeness (QED) is 0.759. The van der Waals surface area contributed by atoms with Crippen LogP contribution in [0.25, 0.3) is 0 Å². The van der Waals surface area contributed by atoms with Crippen LogP contribution >= 0.6 is 0 Å². The monoisotopic (exact) mass is 240 g/mol. The molecule has 0 spiro atoms. The van der Waals surface area contributed by atoms with Crippen molar-refractivity contribution in [3.63, 3.8) is 0 Å². The highest BCUT2D eigenvalue weighted by Gasteiger charge is 2.20. The molecule has 1 heterocycles. The first-order chi connectivity index (χ1) is 7.97. The molecule has 0 fully saturated rings. The molecule has 0 aliphatic carbocycles. The summed E-state index contributed by atoms with van der Waals surface area (Å²) in [5, 5.41) is 4.17.